The summed E-state index contributed by atoms with van der Waals surface area (Å²) < 4.78 is 11.2. The molecule has 0 amide bonds. The Bertz CT molecular complexity index is 973. The van der Waals surface area contributed by atoms with Gasteiger partial charge in [0.15, 0.2) is 5.96 Å². The number of aromatic nitrogens is 1. The lowest BCUT2D eigenvalue weighted by Crippen LogP contribution is -2.37. The molecule has 0 spiro atoms. The van der Waals surface area contributed by atoms with E-state index in [0.29, 0.717) is 13.2 Å². The normalized spacial score (nSPS) is 11.1. The Morgan fingerprint density at radius 2 is 1.81 bits per heavy atom. The maximum absolute atomic E-state index is 5.78. The number of guanidine groups is 1. The number of aryl methyl sites for hydroxylation is 1. The van der Waals surface area contributed by atoms with E-state index in [1.165, 1.54) is 5.56 Å². The number of methoxy groups -OCH3 is 1. The highest BCUT2D eigenvalue weighted by Gasteiger charge is 2.03. The predicted octanol–water partition coefficient (Wildman–Crippen LogP) is 3.89. The zero-order valence-electron chi connectivity index (χ0n) is 18.4. The van der Waals surface area contributed by atoms with Crippen LogP contribution in [0.2, 0.25) is 0 Å². The zero-order chi connectivity index (χ0) is 21.9. The fourth-order valence-corrected chi connectivity index (χ4v) is 3.10. The van der Waals surface area contributed by atoms with Gasteiger partial charge in [0.05, 0.1) is 12.8 Å². The number of pyridine rings is 1. The van der Waals surface area contributed by atoms with E-state index in [-0.39, 0.29) is 0 Å². The van der Waals surface area contributed by atoms with Gasteiger partial charge in [-0.3, -0.25) is 9.98 Å². The van der Waals surface area contributed by atoms with Crippen molar-refractivity contribution in [2.75, 3.05) is 20.7 Å². The summed E-state index contributed by atoms with van der Waals surface area (Å²) >= 11 is 0. The highest BCUT2D eigenvalue weighted by Crippen LogP contribution is 2.19. The van der Waals surface area contributed by atoms with Crippen LogP contribution in [0.15, 0.2) is 71.9 Å². The van der Waals surface area contributed by atoms with Gasteiger partial charge in [0.2, 0.25) is 0 Å². The third-order valence-electron chi connectivity index (χ3n) is 4.90. The molecule has 2 N–H and O–H groups in total. The Kier molecular flexibility index (Phi) is 8.29. The maximum atomic E-state index is 5.78. The van der Waals surface area contributed by atoms with Crippen LogP contribution in [0.3, 0.4) is 0 Å². The summed E-state index contributed by atoms with van der Waals surface area (Å²) in [5.74, 6) is 2.52. The van der Waals surface area contributed by atoms with Crippen LogP contribution < -0.4 is 20.1 Å². The van der Waals surface area contributed by atoms with Crippen LogP contribution >= 0.6 is 0 Å². The molecule has 0 atom stereocenters. The number of aliphatic imine (C=N–C) groups is 1. The molecule has 0 radical (unpaired) electrons. The minimum Gasteiger partial charge on any atom is -0.496 e. The fraction of sp³-hybridized carbons (Fsp3) is 0.280. The fourth-order valence-electron chi connectivity index (χ4n) is 3.10. The van der Waals surface area contributed by atoms with Crippen LogP contribution in [-0.4, -0.2) is 31.6 Å². The SMILES string of the molecule is CN=C(NCCc1ccc(C)c(OC)c1)NCc1ccc(OCc2ccccn2)cc1. The lowest BCUT2D eigenvalue weighted by atomic mass is 10.1. The Morgan fingerprint density at radius 3 is 2.52 bits per heavy atom. The van der Waals surface area contributed by atoms with Crippen molar-refractivity contribution in [3.05, 3.63) is 89.2 Å². The number of nitrogens with zero attached hydrogens (tertiary/aromatic N) is 2. The molecule has 0 bridgehead atoms. The quantitative estimate of drug-likeness (QED) is 0.408. The van der Waals surface area contributed by atoms with Crippen molar-refractivity contribution >= 4 is 5.96 Å². The molecule has 0 fully saturated rings. The van der Waals surface area contributed by atoms with E-state index in [2.05, 4.69) is 38.8 Å². The van der Waals surface area contributed by atoms with Crippen molar-refractivity contribution in [1.29, 1.82) is 0 Å². The van der Waals surface area contributed by atoms with Gasteiger partial charge in [-0.05, 0) is 60.4 Å². The van der Waals surface area contributed by atoms with E-state index in [0.717, 1.165) is 47.2 Å². The average molecular weight is 419 g/mol. The number of hydrogen-bond acceptors (Lipinski definition) is 4. The first kappa shape index (κ1) is 22.2. The van der Waals surface area contributed by atoms with Crippen LogP contribution in [0, 0.1) is 6.92 Å². The van der Waals surface area contributed by atoms with E-state index >= 15 is 0 Å². The highest BCUT2D eigenvalue weighted by atomic mass is 16.5. The van der Waals surface area contributed by atoms with E-state index in [1.54, 1.807) is 20.4 Å². The molecule has 2 aromatic carbocycles. The van der Waals surface area contributed by atoms with E-state index in [9.17, 15) is 0 Å². The summed E-state index contributed by atoms with van der Waals surface area (Å²) in [4.78, 5) is 8.57. The molecular formula is C25H30N4O2. The summed E-state index contributed by atoms with van der Waals surface area (Å²) in [6.45, 7) is 3.97. The molecule has 1 aromatic heterocycles. The smallest absolute Gasteiger partial charge is 0.191 e. The van der Waals surface area contributed by atoms with Crippen LogP contribution in [0.25, 0.3) is 0 Å². The highest BCUT2D eigenvalue weighted by molar-refractivity contribution is 5.79. The molecule has 31 heavy (non-hydrogen) atoms. The number of nitrogens with one attached hydrogen (secondary N) is 2. The molecule has 0 aliphatic rings. The lowest BCUT2D eigenvalue weighted by Gasteiger charge is -2.13. The second kappa shape index (κ2) is 11.6. The predicted molar refractivity (Wildman–Crippen MR) is 125 cm³/mol. The van der Waals surface area contributed by atoms with Crippen molar-refractivity contribution in [1.82, 2.24) is 15.6 Å². The van der Waals surface area contributed by atoms with Crippen molar-refractivity contribution in [2.24, 2.45) is 4.99 Å². The van der Waals surface area contributed by atoms with Crippen molar-refractivity contribution in [2.45, 2.75) is 26.5 Å². The van der Waals surface area contributed by atoms with Crippen LogP contribution in [-0.2, 0) is 19.6 Å². The Labute approximate surface area is 184 Å². The minimum atomic E-state index is 0.460. The molecule has 1 heterocycles. The first-order chi connectivity index (χ1) is 15.2. The van der Waals surface area contributed by atoms with Crippen molar-refractivity contribution in [3.8, 4) is 11.5 Å². The van der Waals surface area contributed by atoms with E-state index < -0.39 is 0 Å². The minimum absolute atomic E-state index is 0.460. The van der Waals surface area contributed by atoms with E-state index in [1.807, 2.05) is 49.4 Å². The Balaban J connectivity index is 1.41. The third kappa shape index (κ3) is 7.03. The Morgan fingerprint density at radius 1 is 1.00 bits per heavy atom. The monoisotopic (exact) mass is 418 g/mol. The molecule has 6 nitrogen and oxygen atoms in total. The van der Waals surface area contributed by atoms with Gasteiger partial charge in [-0.15, -0.1) is 0 Å². The van der Waals surface area contributed by atoms with Gasteiger partial charge in [-0.1, -0.05) is 30.3 Å². The molecule has 0 unspecified atom stereocenters. The number of ether oxygens (including phenoxy) is 2. The standard InChI is InChI=1S/C25H30N4O2/c1-19-7-8-20(16-24(19)30-3)13-15-28-25(26-2)29-17-21-9-11-23(12-10-21)31-18-22-6-4-5-14-27-22/h4-12,14,16H,13,15,17-18H2,1-3H3,(H2,26,28,29). The molecule has 162 valence electrons. The van der Waals surface area contributed by atoms with Gasteiger partial charge in [0.25, 0.3) is 0 Å². The average Bonchev–Trinajstić information content (AvgIpc) is 2.82. The van der Waals surface area contributed by atoms with Crippen LogP contribution in [0.5, 0.6) is 11.5 Å². The first-order valence-electron chi connectivity index (χ1n) is 10.4. The van der Waals surface area contributed by atoms with Crippen LogP contribution in [0.1, 0.15) is 22.4 Å². The summed E-state index contributed by atoms with van der Waals surface area (Å²) in [5.41, 5.74) is 4.43. The summed E-state index contributed by atoms with van der Waals surface area (Å²) in [6, 6.07) is 20.2. The maximum Gasteiger partial charge on any atom is 0.191 e. The van der Waals surface area contributed by atoms with E-state index in [4.69, 9.17) is 9.47 Å². The molecule has 6 heteroatoms. The first-order valence-corrected chi connectivity index (χ1v) is 10.4. The Hall–Kier alpha value is -3.54. The van der Waals surface area contributed by atoms with Gasteiger partial charge in [0.1, 0.15) is 18.1 Å². The summed E-state index contributed by atoms with van der Waals surface area (Å²) in [7, 11) is 3.48. The zero-order valence-corrected chi connectivity index (χ0v) is 18.4. The molecule has 0 saturated heterocycles. The van der Waals surface area contributed by atoms with Gasteiger partial charge in [-0.25, -0.2) is 0 Å². The molecule has 0 saturated carbocycles. The third-order valence-corrected chi connectivity index (χ3v) is 4.90. The van der Waals surface area contributed by atoms with Crippen LogP contribution in [0.4, 0.5) is 0 Å². The summed E-state index contributed by atoms with van der Waals surface area (Å²) in [5, 5.41) is 6.70. The summed E-state index contributed by atoms with van der Waals surface area (Å²) in [6.07, 6.45) is 2.66. The van der Waals surface area contributed by atoms with Gasteiger partial charge in [-0.2, -0.15) is 0 Å². The van der Waals surface area contributed by atoms with Gasteiger partial charge < -0.3 is 20.1 Å². The number of rotatable bonds is 9. The largest absolute Gasteiger partial charge is 0.496 e. The molecule has 0 aliphatic heterocycles. The number of benzene rings is 2. The molecular weight excluding hydrogens is 388 g/mol. The topological polar surface area (TPSA) is 67.8 Å². The van der Waals surface area contributed by atoms with Crippen molar-refractivity contribution in [3.63, 3.8) is 0 Å². The van der Waals surface area contributed by atoms with Gasteiger partial charge >= 0.3 is 0 Å². The van der Waals surface area contributed by atoms with Gasteiger partial charge in [0, 0.05) is 26.3 Å². The number of hydrogen-bond donors (Lipinski definition) is 2. The lowest BCUT2D eigenvalue weighted by molar-refractivity contribution is 0.301. The van der Waals surface area contributed by atoms with Crippen molar-refractivity contribution < 1.29 is 9.47 Å². The molecule has 0 aliphatic carbocycles. The molecule has 3 rings (SSSR count). The second-order valence-electron chi connectivity index (χ2n) is 7.16. The molecule has 3 aromatic rings. The second-order valence-corrected chi connectivity index (χ2v) is 7.16.